The summed E-state index contributed by atoms with van der Waals surface area (Å²) in [5, 5.41) is 0. The van der Waals surface area contributed by atoms with Gasteiger partial charge in [-0.25, -0.2) is 0 Å². The molecule has 0 aromatic carbocycles. The van der Waals surface area contributed by atoms with Gasteiger partial charge in [0.25, 0.3) is 0 Å². The van der Waals surface area contributed by atoms with Crippen LogP contribution >= 0.6 is 22.2 Å². The minimum Gasteiger partial charge on any atom is -0.322 e. The maximum atomic E-state index is 5.99. The molecule has 11 heavy (non-hydrogen) atoms. The molecule has 0 aliphatic heterocycles. The molecule has 0 rings (SSSR count). The fourth-order valence-corrected chi connectivity index (χ4v) is 12.3. The monoisotopic (exact) mass is 229 g/mol. The van der Waals surface area contributed by atoms with E-state index in [4.69, 9.17) is 22.2 Å². The molecule has 0 heterocycles. The summed E-state index contributed by atoms with van der Waals surface area (Å²) >= 11 is 12.0. The van der Waals surface area contributed by atoms with E-state index in [0.717, 1.165) is 0 Å². The van der Waals surface area contributed by atoms with Gasteiger partial charge in [0.1, 0.15) is 8.24 Å². The molecule has 0 amide bonds. The normalized spacial score (nSPS) is 13.6. The highest BCUT2D eigenvalue weighted by molar-refractivity contribution is 7.34. The van der Waals surface area contributed by atoms with E-state index in [-0.39, 0.29) is 0 Å². The van der Waals surface area contributed by atoms with Crippen LogP contribution in [0.15, 0.2) is 0 Å². The Kier molecular flexibility index (Phi) is 4.66. The zero-order chi connectivity index (χ0) is 9.23. The van der Waals surface area contributed by atoms with Crippen molar-refractivity contribution in [3.05, 3.63) is 0 Å². The van der Waals surface area contributed by atoms with Crippen molar-refractivity contribution in [3.8, 4) is 0 Å². The molecule has 0 fully saturated rings. The molecule has 0 saturated carbocycles. The van der Waals surface area contributed by atoms with E-state index in [1.54, 1.807) is 0 Å². The van der Waals surface area contributed by atoms with Crippen molar-refractivity contribution in [2.45, 2.75) is 39.5 Å². The molecule has 0 N–H and O–H groups in total. The Bertz CT molecular complexity index is 114. The standard InChI is InChI=1S/C6H17Cl2NSi2/c1-6(2)9(10(7)8)11(3,4)5/h6,10H,1-5H3. The molecule has 5 heteroatoms. The largest absolute Gasteiger partial charge is 0.322 e. The first-order chi connectivity index (χ1) is 4.76. The van der Waals surface area contributed by atoms with Gasteiger partial charge < -0.3 is 4.23 Å². The molecule has 0 bridgehead atoms. The minimum atomic E-state index is -1.63. The lowest BCUT2D eigenvalue weighted by Crippen LogP contribution is -2.54. The maximum Gasteiger partial charge on any atom is 0.303 e. The number of rotatable bonds is 3. The maximum absolute atomic E-state index is 5.99. The topological polar surface area (TPSA) is 3.24 Å². The molecule has 0 aliphatic rings. The summed E-state index contributed by atoms with van der Waals surface area (Å²) in [4.78, 5) is 0. The van der Waals surface area contributed by atoms with Gasteiger partial charge >= 0.3 is 7.58 Å². The van der Waals surface area contributed by atoms with Gasteiger partial charge in [-0.15, -0.1) is 22.2 Å². The van der Waals surface area contributed by atoms with Crippen molar-refractivity contribution in [2.75, 3.05) is 0 Å². The van der Waals surface area contributed by atoms with Gasteiger partial charge in [0.05, 0.1) is 0 Å². The van der Waals surface area contributed by atoms with E-state index in [0.29, 0.717) is 6.04 Å². The molecular weight excluding hydrogens is 213 g/mol. The summed E-state index contributed by atoms with van der Waals surface area (Å²) in [5.41, 5.74) is 0. The molecule has 0 radical (unpaired) electrons. The van der Waals surface area contributed by atoms with Gasteiger partial charge in [0, 0.05) is 0 Å². The zero-order valence-corrected chi connectivity index (χ0v) is 11.5. The van der Waals surface area contributed by atoms with Crippen LogP contribution in [-0.2, 0) is 0 Å². The Balaban J connectivity index is 4.35. The van der Waals surface area contributed by atoms with Crippen LogP contribution in [0.2, 0.25) is 19.6 Å². The lowest BCUT2D eigenvalue weighted by Gasteiger charge is -2.38. The summed E-state index contributed by atoms with van der Waals surface area (Å²) in [6, 6.07) is 0.494. The van der Waals surface area contributed by atoms with Crippen molar-refractivity contribution >= 4 is 38.0 Å². The Hall–Kier alpha value is 0.974. The summed E-state index contributed by atoms with van der Waals surface area (Å²) in [6.45, 7) is 11.1. The van der Waals surface area contributed by atoms with E-state index in [1.165, 1.54) is 0 Å². The molecule has 0 spiro atoms. The second-order valence-electron chi connectivity index (χ2n) is 3.95. The van der Waals surface area contributed by atoms with Gasteiger partial charge in [-0.2, -0.15) is 0 Å². The van der Waals surface area contributed by atoms with Crippen molar-refractivity contribution in [1.82, 2.24) is 4.23 Å². The van der Waals surface area contributed by atoms with Gasteiger partial charge in [0.2, 0.25) is 0 Å². The SMILES string of the molecule is CC(C)N([SiH](Cl)Cl)[Si](C)(C)C. The zero-order valence-electron chi connectivity index (χ0n) is 7.86. The molecule has 0 saturated heterocycles. The molecule has 0 aliphatic carbocycles. The summed E-state index contributed by atoms with van der Waals surface area (Å²) in [7, 11) is -2.91. The van der Waals surface area contributed by atoms with Crippen LogP contribution in [0.25, 0.3) is 0 Å². The lowest BCUT2D eigenvalue weighted by molar-refractivity contribution is 0.531. The summed E-state index contributed by atoms with van der Waals surface area (Å²) in [5.74, 6) is 0. The van der Waals surface area contributed by atoms with Gasteiger partial charge in [-0.05, 0) is 6.04 Å². The lowest BCUT2D eigenvalue weighted by atomic mass is 10.4. The molecule has 0 atom stereocenters. The number of hydrogen-bond donors (Lipinski definition) is 0. The fourth-order valence-electron chi connectivity index (χ4n) is 1.29. The highest BCUT2D eigenvalue weighted by Crippen LogP contribution is 2.19. The Labute approximate surface area is 81.9 Å². The van der Waals surface area contributed by atoms with Gasteiger partial charge in [-0.3, -0.25) is 0 Å². The molecule has 0 aromatic heterocycles. The number of hydrogen-bond acceptors (Lipinski definition) is 1. The predicted molar refractivity (Wildman–Crippen MR) is 59.2 cm³/mol. The van der Waals surface area contributed by atoms with Crippen LogP contribution in [0, 0.1) is 0 Å². The van der Waals surface area contributed by atoms with Crippen LogP contribution in [0.5, 0.6) is 0 Å². The average molecular weight is 230 g/mol. The van der Waals surface area contributed by atoms with Crippen LogP contribution in [0.1, 0.15) is 13.8 Å². The predicted octanol–water partition coefficient (Wildman–Crippen LogP) is 2.73. The molecule has 68 valence electrons. The van der Waals surface area contributed by atoms with Gasteiger partial charge in [0.15, 0.2) is 0 Å². The van der Waals surface area contributed by atoms with Gasteiger partial charge in [-0.1, -0.05) is 33.5 Å². The van der Waals surface area contributed by atoms with Crippen LogP contribution in [0.3, 0.4) is 0 Å². The fraction of sp³-hybridized carbons (Fsp3) is 1.00. The number of nitrogens with zero attached hydrogens (tertiary/aromatic N) is 1. The number of halogens is 2. The molecular formula is C6H17Cl2NSi2. The smallest absolute Gasteiger partial charge is 0.303 e. The molecule has 0 unspecified atom stereocenters. The van der Waals surface area contributed by atoms with Crippen LogP contribution in [0.4, 0.5) is 0 Å². The summed E-state index contributed by atoms with van der Waals surface area (Å²) < 4.78 is 2.33. The van der Waals surface area contributed by atoms with Crippen LogP contribution < -0.4 is 0 Å². The Morgan fingerprint density at radius 2 is 1.55 bits per heavy atom. The van der Waals surface area contributed by atoms with Crippen molar-refractivity contribution < 1.29 is 0 Å². The van der Waals surface area contributed by atoms with E-state index >= 15 is 0 Å². The Morgan fingerprint density at radius 3 is 1.55 bits per heavy atom. The van der Waals surface area contributed by atoms with E-state index < -0.39 is 15.8 Å². The molecule has 0 aromatic rings. The highest BCUT2D eigenvalue weighted by atomic mass is 35.7. The summed E-state index contributed by atoms with van der Waals surface area (Å²) in [6.07, 6.45) is 0. The first kappa shape index (κ1) is 12.0. The second-order valence-corrected chi connectivity index (χ2v) is 13.6. The third-order valence-electron chi connectivity index (χ3n) is 1.54. The second kappa shape index (κ2) is 4.28. The van der Waals surface area contributed by atoms with Crippen molar-refractivity contribution in [1.29, 1.82) is 0 Å². The van der Waals surface area contributed by atoms with E-state index in [1.807, 2.05) is 0 Å². The van der Waals surface area contributed by atoms with Crippen LogP contribution in [-0.4, -0.2) is 26.1 Å². The first-order valence-corrected chi connectivity index (χ1v) is 11.3. The quantitative estimate of drug-likeness (QED) is 0.532. The first-order valence-electron chi connectivity index (χ1n) is 3.83. The highest BCUT2D eigenvalue weighted by Gasteiger charge is 2.31. The third-order valence-corrected chi connectivity index (χ3v) is 9.97. The van der Waals surface area contributed by atoms with E-state index in [2.05, 4.69) is 37.7 Å². The van der Waals surface area contributed by atoms with Crippen molar-refractivity contribution in [2.24, 2.45) is 0 Å². The molecule has 1 nitrogen and oxygen atoms in total. The third kappa shape index (κ3) is 3.94. The van der Waals surface area contributed by atoms with E-state index in [9.17, 15) is 0 Å². The van der Waals surface area contributed by atoms with Crippen molar-refractivity contribution in [3.63, 3.8) is 0 Å². The minimum absolute atomic E-state index is 0.494. The average Bonchev–Trinajstić information content (AvgIpc) is 1.54. The Morgan fingerprint density at radius 1 is 1.18 bits per heavy atom.